The van der Waals surface area contributed by atoms with E-state index in [9.17, 15) is 9.90 Å². The summed E-state index contributed by atoms with van der Waals surface area (Å²) >= 11 is 0. The zero-order valence-electron chi connectivity index (χ0n) is 16.6. The quantitative estimate of drug-likeness (QED) is 0.548. The van der Waals surface area contributed by atoms with Gasteiger partial charge in [0.15, 0.2) is 0 Å². The molecule has 2 aromatic carbocycles. The van der Waals surface area contributed by atoms with Crippen LogP contribution in [0.2, 0.25) is 0 Å². The lowest BCUT2D eigenvalue weighted by molar-refractivity contribution is 0.0697. The zero-order valence-corrected chi connectivity index (χ0v) is 16.6. The minimum Gasteiger partial charge on any atom is -0.493 e. The van der Waals surface area contributed by atoms with Crippen LogP contribution in [0.1, 0.15) is 42.5 Å². The minimum absolute atomic E-state index is 0.242. The molecule has 4 rings (SSSR count). The number of fused-ring (bicyclic) bond motifs is 1. The smallest absolute Gasteiger partial charge is 0.335 e. The number of benzene rings is 2. The maximum atomic E-state index is 11.2. The number of likely N-dealkylation sites (tertiary alicyclic amines) is 1. The highest BCUT2D eigenvalue weighted by Crippen LogP contribution is 2.29. The van der Waals surface area contributed by atoms with Gasteiger partial charge in [0.1, 0.15) is 11.6 Å². The van der Waals surface area contributed by atoms with Crippen molar-refractivity contribution in [2.75, 3.05) is 26.2 Å². The maximum absolute atomic E-state index is 11.2. The van der Waals surface area contributed by atoms with Gasteiger partial charge in [-0.1, -0.05) is 18.6 Å². The highest BCUT2D eigenvalue weighted by molar-refractivity contribution is 5.93. The third-order valence-electron chi connectivity index (χ3n) is 5.45. The molecule has 0 bridgehead atoms. The summed E-state index contributed by atoms with van der Waals surface area (Å²) in [5.41, 5.74) is 2.57. The van der Waals surface area contributed by atoms with E-state index in [-0.39, 0.29) is 5.56 Å². The number of imidazole rings is 1. The molecule has 6 nitrogen and oxygen atoms in total. The summed E-state index contributed by atoms with van der Waals surface area (Å²) in [5, 5.41) is 9.18. The molecule has 1 aliphatic rings. The molecule has 0 saturated carbocycles. The number of carbonyl (C=O) groups is 1. The Hall–Kier alpha value is -2.86. The van der Waals surface area contributed by atoms with Crippen molar-refractivity contribution in [2.24, 2.45) is 0 Å². The number of para-hydroxylation sites is 1. The number of nitrogens with one attached hydrogen (secondary N) is 1. The van der Waals surface area contributed by atoms with Crippen LogP contribution in [0.3, 0.4) is 0 Å². The normalized spacial score (nSPS) is 14.9. The second-order valence-corrected chi connectivity index (χ2v) is 7.58. The second kappa shape index (κ2) is 9.09. The third-order valence-corrected chi connectivity index (χ3v) is 5.45. The predicted molar refractivity (Wildman–Crippen MR) is 114 cm³/mol. The summed E-state index contributed by atoms with van der Waals surface area (Å²) in [4.78, 5) is 21.6. The van der Waals surface area contributed by atoms with Crippen LogP contribution in [0, 0.1) is 0 Å². The van der Waals surface area contributed by atoms with Crippen molar-refractivity contribution in [2.45, 2.75) is 32.1 Å². The number of ether oxygens (including phenoxy) is 1. The number of aromatic amines is 1. The first-order chi connectivity index (χ1) is 14.2. The van der Waals surface area contributed by atoms with E-state index in [2.05, 4.69) is 14.9 Å². The van der Waals surface area contributed by atoms with Crippen LogP contribution in [0.5, 0.6) is 5.75 Å². The molecule has 3 aromatic rings. The Morgan fingerprint density at radius 3 is 2.76 bits per heavy atom. The topological polar surface area (TPSA) is 78.5 Å². The Balaban J connectivity index is 1.40. The van der Waals surface area contributed by atoms with Crippen LogP contribution in [0.15, 0.2) is 42.5 Å². The van der Waals surface area contributed by atoms with Gasteiger partial charge in [-0.25, -0.2) is 9.78 Å². The minimum atomic E-state index is -0.948. The van der Waals surface area contributed by atoms with E-state index in [4.69, 9.17) is 4.74 Å². The molecule has 1 aromatic heterocycles. The van der Waals surface area contributed by atoms with E-state index in [1.807, 2.05) is 24.3 Å². The highest BCUT2D eigenvalue weighted by Gasteiger charge is 2.13. The molecule has 0 amide bonds. The Morgan fingerprint density at radius 1 is 1.10 bits per heavy atom. The number of nitrogens with zero attached hydrogens (tertiary/aromatic N) is 2. The zero-order chi connectivity index (χ0) is 20.1. The monoisotopic (exact) mass is 393 g/mol. The fourth-order valence-corrected chi connectivity index (χ4v) is 3.86. The van der Waals surface area contributed by atoms with Gasteiger partial charge in [-0.2, -0.15) is 0 Å². The molecule has 6 heteroatoms. The van der Waals surface area contributed by atoms with Crippen molar-refractivity contribution in [3.63, 3.8) is 0 Å². The number of unbranched alkanes of at least 4 members (excludes halogenated alkanes) is 1. The van der Waals surface area contributed by atoms with E-state index in [0.29, 0.717) is 17.9 Å². The fraction of sp³-hybridized carbons (Fsp3) is 0.391. The first-order valence-electron chi connectivity index (χ1n) is 10.4. The van der Waals surface area contributed by atoms with Gasteiger partial charge in [0.25, 0.3) is 0 Å². The fourth-order valence-electron chi connectivity index (χ4n) is 3.86. The molecular formula is C23H27N3O3. The Labute approximate surface area is 170 Å². The average Bonchev–Trinajstić information content (AvgIpc) is 3.17. The number of aromatic carboxylic acids is 1. The summed E-state index contributed by atoms with van der Waals surface area (Å²) in [6, 6.07) is 12.7. The van der Waals surface area contributed by atoms with Gasteiger partial charge in [-0.15, -0.1) is 0 Å². The third kappa shape index (κ3) is 4.77. The number of rotatable bonds is 8. The summed E-state index contributed by atoms with van der Waals surface area (Å²) in [6.45, 7) is 4.30. The summed E-state index contributed by atoms with van der Waals surface area (Å²) in [5.74, 6) is 0.533. The van der Waals surface area contributed by atoms with Crippen molar-refractivity contribution in [3.8, 4) is 17.1 Å². The van der Waals surface area contributed by atoms with Gasteiger partial charge < -0.3 is 19.7 Å². The first kappa shape index (κ1) is 19.5. The molecule has 1 aliphatic heterocycles. The van der Waals surface area contributed by atoms with Crippen molar-refractivity contribution >= 4 is 17.0 Å². The number of carboxylic acids is 1. The first-order valence-corrected chi connectivity index (χ1v) is 10.4. The number of H-pyrrole nitrogens is 1. The molecule has 0 aliphatic carbocycles. The summed E-state index contributed by atoms with van der Waals surface area (Å²) in [7, 11) is 0. The molecule has 0 atom stereocenters. The number of aromatic nitrogens is 2. The predicted octanol–water partition coefficient (Wildman–Crippen LogP) is 4.57. The second-order valence-electron chi connectivity index (χ2n) is 7.58. The molecule has 1 saturated heterocycles. The van der Waals surface area contributed by atoms with Crippen molar-refractivity contribution < 1.29 is 14.6 Å². The Bertz CT molecular complexity index is 976. The van der Waals surface area contributed by atoms with Crippen LogP contribution in [0.25, 0.3) is 22.4 Å². The Kier molecular flexibility index (Phi) is 6.10. The average molecular weight is 393 g/mol. The highest BCUT2D eigenvalue weighted by atomic mass is 16.5. The SMILES string of the molecule is O=C(O)c1ccc2nc(-c3ccccc3OCCCCN3CCCCC3)[nH]c2c1. The van der Waals surface area contributed by atoms with E-state index in [1.165, 1.54) is 32.4 Å². The van der Waals surface area contributed by atoms with Crippen LogP contribution < -0.4 is 4.74 Å². The maximum Gasteiger partial charge on any atom is 0.335 e. The van der Waals surface area contributed by atoms with Gasteiger partial charge in [-0.3, -0.25) is 0 Å². The molecule has 0 unspecified atom stereocenters. The van der Waals surface area contributed by atoms with Gasteiger partial charge in [0.05, 0.1) is 28.8 Å². The summed E-state index contributed by atoms with van der Waals surface area (Å²) in [6.07, 6.45) is 6.19. The lowest BCUT2D eigenvalue weighted by Crippen LogP contribution is -2.30. The molecule has 2 N–H and O–H groups in total. The molecule has 1 fully saturated rings. The molecule has 2 heterocycles. The van der Waals surface area contributed by atoms with Crippen molar-refractivity contribution in [1.29, 1.82) is 0 Å². The van der Waals surface area contributed by atoms with Crippen molar-refractivity contribution in [3.05, 3.63) is 48.0 Å². The lowest BCUT2D eigenvalue weighted by Gasteiger charge is -2.26. The number of piperidine rings is 1. The lowest BCUT2D eigenvalue weighted by atomic mass is 10.1. The standard InChI is InChI=1S/C23H27N3O3/c27-23(28)17-10-11-19-20(16-17)25-22(24-19)18-8-2-3-9-21(18)29-15-7-6-14-26-12-4-1-5-13-26/h2-3,8-11,16H,1,4-7,12-15H2,(H,24,25)(H,27,28). The molecule has 29 heavy (non-hydrogen) atoms. The Morgan fingerprint density at radius 2 is 1.93 bits per heavy atom. The van der Waals surface area contributed by atoms with Crippen LogP contribution in [-0.2, 0) is 0 Å². The molecular weight excluding hydrogens is 366 g/mol. The van der Waals surface area contributed by atoms with Gasteiger partial charge in [0, 0.05) is 0 Å². The van der Waals surface area contributed by atoms with Crippen molar-refractivity contribution in [1.82, 2.24) is 14.9 Å². The molecule has 0 spiro atoms. The van der Waals surface area contributed by atoms with Crippen LogP contribution >= 0.6 is 0 Å². The number of hydrogen-bond acceptors (Lipinski definition) is 4. The van der Waals surface area contributed by atoms with E-state index >= 15 is 0 Å². The van der Waals surface area contributed by atoms with Gasteiger partial charge in [-0.05, 0) is 75.6 Å². The van der Waals surface area contributed by atoms with Gasteiger partial charge in [0.2, 0.25) is 0 Å². The van der Waals surface area contributed by atoms with Crippen LogP contribution in [-0.4, -0.2) is 52.2 Å². The van der Waals surface area contributed by atoms with Gasteiger partial charge >= 0.3 is 5.97 Å². The molecule has 0 radical (unpaired) electrons. The number of carboxylic acid groups (broad SMARTS) is 1. The molecule has 152 valence electrons. The largest absolute Gasteiger partial charge is 0.493 e. The van der Waals surface area contributed by atoms with E-state index in [0.717, 1.165) is 36.2 Å². The number of hydrogen-bond donors (Lipinski definition) is 2. The summed E-state index contributed by atoms with van der Waals surface area (Å²) < 4.78 is 6.07. The van der Waals surface area contributed by atoms with E-state index < -0.39 is 5.97 Å². The van der Waals surface area contributed by atoms with Crippen LogP contribution in [0.4, 0.5) is 0 Å². The van der Waals surface area contributed by atoms with E-state index in [1.54, 1.807) is 18.2 Å².